The van der Waals surface area contributed by atoms with Crippen LogP contribution in [-0.4, -0.2) is 22.2 Å². The average molecular weight is 470 g/mol. The van der Waals surface area contributed by atoms with Gasteiger partial charge in [0, 0.05) is 45.5 Å². The van der Waals surface area contributed by atoms with Gasteiger partial charge in [0.2, 0.25) is 0 Å². The zero-order valence-electron chi connectivity index (χ0n) is 17.2. The number of hydrogen-bond acceptors (Lipinski definition) is 5. The highest BCUT2D eigenvalue weighted by Crippen LogP contribution is 2.75. The lowest BCUT2D eigenvalue weighted by Gasteiger charge is -2.70. The summed E-state index contributed by atoms with van der Waals surface area (Å²) in [5.41, 5.74) is 2.59. The number of hydrogen-bond donors (Lipinski definition) is 1. The molecular weight excluding hydrogens is 449 g/mol. The van der Waals surface area contributed by atoms with Crippen molar-refractivity contribution in [3.8, 4) is 17.1 Å². The van der Waals surface area contributed by atoms with E-state index < -0.39 is 12.2 Å². The van der Waals surface area contributed by atoms with Crippen molar-refractivity contribution in [2.24, 2.45) is 5.41 Å². The van der Waals surface area contributed by atoms with Crippen molar-refractivity contribution in [2.75, 3.05) is 0 Å². The van der Waals surface area contributed by atoms with Crippen molar-refractivity contribution in [1.29, 1.82) is 0 Å². The minimum absolute atomic E-state index is 0.0186. The van der Waals surface area contributed by atoms with Crippen LogP contribution in [0.25, 0.3) is 11.3 Å². The lowest BCUT2D eigenvalue weighted by molar-refractivity contribution is -0.165. The van der Waals surface area contributed by atoms with E-state index in [1.54, 1.807) is 18.2 Å². The van der Waals surface area contributed by atoms with Crippen molar-refractivity contribution in [1.82, 2.24) is 5.16 Å². The van der Waals surface area contributed by atoms with Crippen LogP contribution in [-0.2, 0) is 10.2 Å². The lowest BCUT2D eigenvalue weighted by Crippen LogP contribution is -2.65. The summed E-state index contributed by atoms with van der Waals surface area (Å²) in [4.78, 5) is 13.0. The van der Waals surface area contributed by atoms with E-state index in [-0.39, 0.29) is 23.0 Å². The number of Topliss-reactive ketones (excluding diaryl/α,β-unsaturated/α-hetero) is 1. The average Bonchev–Trinajstić information content (AvgIpc) is 3.20. The monoisotopic (exact) mass is 469 g/mol. The summed E-state index contributed by atoms with van der Waals surface area (Å²) < 4.78 is 11.5. The van der Waals surface area contributed by atoms with Crippen LogP contribution in [0.2, 0.25) is 10.0 Å². The van der Waals surface area contributed by atoms with E-state index in [4.69, 9.17) is 32.5 Å². The number of ketones is 1. The normalized spacial score (nSPS) is 30.0. The van der Waals surface area contributed by atoms with E-state index in [1.165, 1.54) is 0 Å². The van der Waals surface area contributed by atoms with Crippen molar-refractivity contribution >= 4 is 29.0 Å². The van der Waals surface area contributed by atoms with Crippen molar-refractivity contribution in [3.05, 3.63) is 69.8 Å². The molecule has 164 valence electrons. The minimum Gasteiger partial charge on any atom is -0.482 e. The predicted octanol–water partition coefficient (Wildman–Crippen LogP) is 5.91. The van der Waals surface area contributed by atoms with Gasteiger partial charge in [0.25, 0.3) is 0 Å². The zero-order valence-corrected chi connectivity index (χ0v) is 18.7. The van der Waals surface area contributed by atoms with Crippen LogP contribution < -0.4 is 4.74 Å². The lowest BCUT2D eigenvalue weighted by atomic mass is 9.33. The van der Waals surface area contributed by atoms with Crippen LogP contribution in [0.5, 0.6) is 5.75 Å². The molecule has 32 heavy (non-hydrogen) atoms. The van der Waals surface area contributed by atoms with Gasteiger partial charge in [-0.2, -0.15) is 0 Å². The van der Waals surface area contributed by atoms with Crippen LogP contribution in [0, 0.1) is 5.41 Å². The number of ether oxygens (including phenoxy) is 1. The molecule has 3 saturated carbocycles. The van der Waals surface area contributed by atoms with Gasteiger partial charge in [-0.15, -0.1) is 0 Å². The fourth-order valence-corrected chi connectivity index (χ4v) is 6.14. The van der Waals surface area contributed by atoms with Crippen molar-refractivity contribution in [3.63, 3.8) is 0 Å². The van der Waals surface area contributed by atoms with Crippen LogP contribution in [0.3, 0.4) is 0 Å². The summed E-state index contributed by atoms with van der Waals surface area (Å²) in [5, 5.41) is 16.0. The molecule has 7 rings (SSSR count). The van der Waals surface area contributed by atoms with Gasteiger partial charge in [-0.3, -0.25) is 4.79 Å². The Bertz CT molecular complexity index is 1200. The highest BCUT2D eigenvalue weighted by Gasteiger charge is 2.69. The molecule has 1 N–H and O–H groups in total. The number of halogens is 2. The molecule has 2 heterocycles. The highest BCUT2D eigenvalue weighted by molar-refractivity contribution is 6.31. The molecule has 2 aromatic carbocycles. The number of nitrogens with zero attached hydrogens (tertiary/aromatic N) is 1. The second-order valence-corrected chi connectivity index (χ2v) is 10.5. The molecule has 0 unspecified atom stereocenters. The third-order valence-electron chi connectivity index (χ3n) is 7.27. The molecule has 0 saturated heterocycles. The largest absolute Gasteiger partial charge is 0.482 e. The summed E-state index contributed by atoms with van der Waals surface area (Å²) in [6.45, 7) is 0. The second kappa shape index (κ2) is 7.08. The van der Waals surface area contributed by atoms with Gasteiger partial charge in [0.15, 0.2) is 17.6 Å². The van der Waals surface area contributed by atoms with E-state index in [0.29, 0.717) is 27.8 Å². The Morgan fingerprint density at radius 3 is 2.53 bits per heavy atom. The minimum atomic E-state index is -0.743. The first kappa shape index (κ1) is 20.3. The molecule has 2 bridgehead atoms. The van der Waals surface area contributed by atoms with Crippen LogP contribution in [0.4, 0.5) is 0 Å². The second-order valence-electron chi connectivity index (χ2n) is 9.58. The Morgan fingerprint density at radius 1 is 1.06 bits per heavy atom. The van der Waals surface area contributed by atoms with Gasteiger partial charge in [-0.25, -0.2) is 0 Å². The van der Waals surface area contributed by atoms with E-state index in [2.05, 4.69) is 5.16 Å². The molecule has 0 spiro atoms. The molecule has 5 nitrogen and oxygen atoms in total. The number of benzene rings is 2. The fraction of sp³-hybridized carbons (Fsp3) is 0.360. The maximum atomic E-state index is 13.0. The topological polar surface area (TPSA) is 72.6 Å². The van der Waals surface area contributed by atoms with Crippen LogP contribution in [0.15, 0.2) is 53.1 Å². The van der Waals surface area contributed by atoms with Gasteiger partial charge >= 0.3 is 0 Å². The molecule has 3 fully saturated rings. The fourth-order valence-electron chi connectivity index (χ4n) is 5.83. The molecule has 4 aliphatic rings. The van der Waals surface area contributed by atoms with Gasteiger partial charge in [0.1, 0.15) is 5.75 Å². The Balaban J connectivity index is 1.10. The summed E-state index contributed by atoms with van der Waals surface area (Å²) >= 11 is 12.0. The van der Waals surface area contributed by atoms with E-state index in [9.17, 15) is 9.90 Å². The maximum Gasteiger partial charge on any atom is 0.173 e. The zero-order chi connectivity index (χ0) is 22.1. The molecule has 3 aliphatic carbocycles. The quantitative estimate of drug-likeness (QED) is 0.502. The molecule has 1 aromatic heterocycles. The van der Waals surface area contributed by atoms with E-state index >= 15 is 0 Å². The number of aliphatic hydroxyl groups is 1. The van der Waals surface area contributed by atoms with Gasteiger partial charge < -0.3 is 14.4 Å². The first-order valence-corrected chi connectivity index (χ1v) is 11.5. The Kier molecular flexibility index (Phi) is 4.49. The summed E-state index contributed by atoms with van der Waals surface area (Å²) in [5.74, 6) is 1.33. The maximum absolute atomic E-state index is 13.0. The molecule has 3 aromatic rings. The highest BCUT2D eigenvalue weighted by atomic mass is 35.5. The Hall–Kier alpha value is -2.34. The number of rotatable bonds is 5. The van der Waals surface area contributed by atoms with Crippen LogP contribution >= 0.6 is 23.2 Å². The molecule has 0 amide bonds. The first-order valence-electron chi connectivity index (χ1n) is 10.7. The molecule has 1 aliphatic heterocycles. The van der Waals surface area contributed by atoms with Crippen molar-refractivity contribution < 1.29 is 19.2 Å². The number of carbonyl (C=O) groups excluding carboxylic acids is 1. The van der Waals surface area contributed by atoms with Gasteiger partial charge in [-0.1, -0.05) is 28.4 Å². The number of aliphatic hydroxyl groups excluding tert-OH is 1. The third-order valence-corrected chi connectivity index (χ3v) is 7.76. The van der Waals surface area contributed by atoms with Crippen LogP contribution in [0.1, 0.15) is 49.5 Å². The first-order chi connectivity index (χ1) is 15.3. The standard InChI is InChI=1S/C25H21Cl2NO4/c26-15-3-1-14(2-4-15)21-9-23(28-32-21)25-11-24(12-25,13-25)10-19(30)22-8-18(29)17-7-16(27)5-6-20(17)31-22/h1-7,9,18,22,29H,8,10-13H2/t18-,22-,24?,25?/m1/s1. The predicted molar refractivity (Wildman–Crippen MR) is 120 cm³/mol. The molecular formula is C25H21Cl2NO4. The van der Waals surface area contributed by atoms with E-state index in [1.807, 2.05) is 30.3 Å². The van der Waals surface area contributed by atoms with E-state index in [0.717, 1.165) is 36.3 Å². The number of fused-ring (bicyclic) bond motifs is 1. The van der Waals surface area contributed by atoms with Gasteiger partial charge in [-0.05, 0) is 67.1 Å². The summed E-state index contributed by atoms with van der Waals surface area (Å²) in [6, 6.07) is 14.6. The smallest absolute Gasteiger partial charge is 0.173 e. The van der Waals surface area contributed by atoms with Crippen molar-refractivity contribution in [2.45, 2.75) is 49.7 Å². The number of aromatic nitrogens is 1. The summed E-state index contributed by atoms with van der Waals surface area (Å²) in [7, 11) is 0. The van der Waals surface area contributed by atoms with Gasteiger partial charge in [0.05, 0.1) is 11.8 Å². The molecule has 2 atom stereocenters. The Morgan fingerprint density at radius 2 is 1.78 bits per heavy atom. The molecule has 0 radical (unpaired) electrons. The SMILES string of the molecule is O=C(CC12CC(c3cc(-c4ccc(Cl)cc4)on3)(C1)C2)[C@H]1C[C@@H](O)c2cc(Cl)ccc2O1. The number of carbonyl (C=O) groups is 1. The Labute approximate surface area is 195 Å². The third kappa shape index (κ3) is 3.18. The molecule has 7 heteroatoms. The summed E-state index contributed by atoms with van der Waals surface area (Å²) in [6.07, 6.45) is 2.16.